The maximum absolute atomic E-state index is 6.95. The molecule has 3 aromatic carbocycles. The van der Waals surface area contributed by atoms with Gasteiger partial charge in [0.15, 0.2) is 11.5 Å². The summed E-state index contributed by atoms with van der Waals surface area (Å²) in [6.45, 7) is 6.07. The van der Waals surface area contributed by atoms with Crippen LogP contribution in [0.3, 0.4) is 0 Å². The predicted octanol–water partition coefficient (Wildman–Crippen LogP) is 8.48. The summed E-state index contributed by atoms with van der Waals surface area (Å²) in [7, 11) is 4.20. The standard InChI is InChI=1S/C39H50N2O2/c1-28-16-20-32-25-31-19-21-35(42-3)38(43-33-13-8-5-9-14-33)37(31)39(23-24-41(32)27-30-17-18-30)22-10-15-34(36(28)39)40(2)26-29-11-6-4-7-12-29/h4-9,11-14,19,21,28,30,32,34,36H,10,15-18,20,22-27H2,1-3H3/t28-,32?,34?,36?,39?/m0/s1. The van der Waals surface area contributed by atoms with E-state index in [1.54, 1.807) is 0 Å². The number of rotatable bonds is 8. The number of para-hydroxylation sites is 1. The molecule has 43 heavy (non-hydrogen) atoms. The number of methoxy groups -OCH3 is 1. The molecule has 228 valence electrons. The van der Waals surface area contributed by atoms with Crippen LogP contribution in [0.4, 0.5) is 0 Å². The summed E-state index contributed by atoms with van der Waals surface area (Å²) in [4.78, 5) is 5.63. The molecule has 4 unspecified atom stereocenters. The minimum absolute atomic E-state index is 0.0401. The van der Waals surface area contributed by atoms with Crippen molar-refractivity contribution in [2.24, 2.45) is 17.8 Å². The molecule has 1 saturated heterocycles. The summed E-state index contributed by atoms with van der Waals surface area (Å²) in [5.74, 6) is 4.85. The van der Waals surface area contributed by atoms with Crippen LogP contribution in [-0.2, 0) is 18.4 Å². The lowest BCUT2D eigenvalue weighted by Crippen LogP contribution is -2.55. The number of hydrogen-bond donors (Lipinski definition) is 0. The van der Waals surface area contributed by atoms with Gasteiger partial charge in [-0.1, -0.05) is 67.9 Å². The van der Waals surface area contributed by atoms with Gasteiger partial charge in [-0.3, -0.25) is 9.80 Å². The molecule has 2 aliphatic heterocycles. The van der Waals surface area contributed by atoms with Gasteiger partial charge in [-0.05, 0) is 112 Å². The van der Waals surface area contributed by atoms with Crippen LogP contribution in [-0.4, -0.2) is 49.1 Å². The Balaban J connectivity index is 1.38. The maximum Gasteiger partial charge on any atom is 0.173 e. The first kappa shape index (κ1) is 28.9. The lowest BCUT2D eigenvalue weighted by molar-refractivity contribution is 0.0124. The van der Waals surface area contributed by atoms with Crippen molar-refractivity contribution in [3.05, 3.63) is 89.5 Å². The first-order valence-electron chi connectivity index (χ1n) is 17.0. The summed E-state index contributed by atoms with van der Waals surface area (Å²) >= 11 is 0. The van der Waals surface area contributed by atoms with E-state index in [9.17, 15) is 0 Å². The number of nitrogens with zero attached hydrogens (tertiary/aromatic N) is 2. The van der Waals surface area contributed by atoms with E-state index in [1.165, 1.54) is 81.1 Å². The zero-order valence-corrected chi connectivity index (χ0v) is 26.5. The van der Waals surface area contributed by atoms with Gasteiger partial charge in [0, 0.05) is 36.2 Å². The minimum atomic E-state index is 0.0401. The van der Waals surface area contributed by atoms with Crippen molar-refractivity contribution in [2.75, 3.05) is 27.2 Å². The molecule has 2 saturated carbocycles. The van der Waals surface area contributed by atoms with E-state index >= 15 is 0 Å². The third-order valence-electron chi connectivity index (χ3n) is 11.5. The summed E-state index contributed by atoms with van der Waals surface area (Å²) in [5, 5.41) is 0. The summed E-state index contributed by atoms with van der Waals surface area (Å²) in [5.41, 5.74) is 4.43. The molecule has 3 aliphatic carbocycles. The number of ether oxygens (including phenoxy) is 2. The van der Waals surface area contributed by atoms with E-state index < -0.39 is 0 Å². The highest BCUT2D eigenvalue weighted by Crippen LogP contribution is 2.58. The van der Waals surface area contributed by atoms with Crippen molar-refractivity contribution in [1.82, 2.24) is 9.80 Å². The van der Waals surface area contributed by atoms with Crippen molar-refractivity contribution in [1.29, 1.82) is 0 Å². The molecular weight excluding hydrogens is 528 g/mol. The molecule has 5 atom stereocenters. The first-order chi connectivity index (χ1) is 21.1. The van der Waals surface area contributed by atoms with Crippen molar-refractivity contribution >= 4 is 0 Å². The van der Waals surface area contributed by atoms with Gasteiger partial charge in [-0.2, -0.15) is 0 Å². The van der Waals surface area contributed by atoms with Crippen LogP contribution >= 0.6 is 0 Å². The Labute approximate surface area is 259 Å². The van der Waals surface area contributed by atoms with Gasteiger partial charge >= 0.3 is 0 Å². The fraction of sp³-hybridized carbons (Fsp3) is 0.538. The van der Waals surface area contributed by atoms with Gasteiger partial charge in [0.05, 0.1) is 7.11 Å². The molecule has 2 heterocycles. The van der Waals surface area contributed by atoms with E-state index in [2.05, 4.69) is 96.6 Å². The Kier molecular flexibility index (Phi) is 8.26. The molecule has 0 N–H and O–H groups in total. The highest BCUT2D eigenvalue weighted by atomic mass is 16.5. The van der Waals surface area contributed by atoms with E-state index in [0.29, 0.717) is 23.9 Å². The van der Waals surface area contributed by atoms with E-state index in [0.717, 1.165) is 36.1 Å². The Bertz CT molecular complexity index is 1370. The van der Waals surface area contributed by atoms with Crippen molar-refractivity contribution in [3.8, 4) is 17.2 Å². The SMILES string of the molecule is COc1ccc2c(c1Oc1ccccc1)C13CCCC(N(C)Cc4ccccc4)C1[C@@H](C)CCC(C2)N(CC1CC1)CC3. The smallest absolute Gasteiger partial charge is 0.173 e. The Hall–Kier alpha value is -2.82. The van der Waals surface area contributed by atoms with Gasteiger partial charge in [-0.15, -0.1) is 0 Å². The summed E-state index contributed by atoms with van der Waals surface area (Å²) < 4.78 is 13.1. The highest BCUT2D eigenvalue weighted by molar-refractivity contribution is 5.57. The van der Waals surface area contributed by atoms with Crippen LogP contribution in [0.5, 0.6) is 17.2 Å². The fourth-order valence-electron chi connectivity index (χ4n) is 9.35. The molecule has 3 fully saturated rings. The molecule has 3 aromatic rings. The Morgan fingerprint density at radius 2 is 1.65 bits per heavy atom. The number of hydrogen-bond acceptors (Lipinski definition) is 4. The van der Waals surface area contributed by atoms with Gasteiger partial charge in [0.2, 0.25) is 0 Å². The fourth-order valence-corrected chi connectivity index (χ4v) is 9.35. The Morgan fingerprint density at radius 3 is 2.40 bits per heavy atom. The zero-order valence-electron chi connectivity index (χ0n) is 26.5. The predicted molar refractivity (Wildman–Crippen MR) is 175 cm³/mol. The molecule has 4 heteroatoms. The summed E-state index contributed by atoms with van der Waals surface area (Å²) in [6.07, 6.45) is 11.5. The highest BCUT2D eigenvalue weighted by Gasteiger charge is 2.54. The molecule has 0 radical (unpaired) electrons. The lowest BCUT2D eigenvalue weighted by Gasteiger charge is -2.55. The molecule has 0 aromatic heterocycles. The average molecular weight is 579 g/mol. The Morgan fingerprint density at radius 1 is 0.884 bits per heavy atom. The first-order valence-corrected chi connectivity index (χ1v) is 17.0. The molecule has 4 nitrogen and oxygen atoms in total. The van der Waals surface area contributed by atoms with Crippen molar-refractivity contribution < 1.29 is 9.47 Å². The maximum atomic E-state index is 6.95. The van der Waals surface area contributed by atoms with Gasteiger partial charge in [-0.25, -0.2) is 0 Å². The second-order valence-electron chi connectivity index (χ2n) is 14.2. The quantitative estimate of drug-likeness (QED) is 0.268. The van der Waals surface area contributed by atoms with Crippen LogP contribution < -0.4 is 9.47 Å². The van der Waals surface area contributed by atoms with E-state index in [4.69, 9.17) is 9.47 Å². The zero-order chi connectivity index (χ0) is 29.4. The van der Waals surface area contributed by atoms with Crippen LogP contribution in [0.1, 0.15) is 75.0 Å². The molecule has 2 bridgehead atoms. The minimum Gasteiger partial charge on any atom is -0.493 e. The van der Waals surface area contributed by atoms with Crippen molar-refractivity contribution in [3.63, 3.8) is 0 Å². The van der Waals surface area contributed by atoms with Crippen LogP contribution in [0.2, 0.25) is 0 Å². The van der Waals surface area contributed by atoms with Gasteiger partial charge in [0.25, 0.3) is 0 Å². The monoisotopic (exact) mass is 578 g/mol. The molecule has 8 rings (SSSR count). The van der Waals surface area contributed by atoms with E-state index in [1.807, 2.05) is 7.11 Å². The topological polar surface area (TPSA) is 24.9 Å². The largest absolute Gasteiger partial charge is 0.493 e. The van der Waals surface area contributed by atoms with Crippen LogP contribution in [0.25, 0.3) is 0 Å². The lowest BCUT2D eigenvalue weighted by atomic mass is 9.54. The third kappa shape index (κ3) is 5.73. The molecule has 5 aliphatic rings. The van der Waals surface area contributed by atoms with Gasteiger partial charge < -0.3 is 9.47 Å². The molecule has 0 amide bonds. The van der Waals surface area contributed by atoms with Crippen LogP contribution in [0.15, 0.2) is 72.8 Å². The molecular formula is C39H50N2O2. The number of fused-ring (bicyclic) bond motifs is 4. The van der Waals surface area contributed by atoms with Crippen LogP contribution in [0, 0.1) is 17.8 Å². The second kappa shape index (κ2) is 12.3. The number of benzene rings is 3. The normalized spacial score (nSPS) is 29.1. The third-order valence-corrected chi connectivity index (χ3v) is 11.5. The average Bonchev–Trinajstić information content (AvgIpc) is 3.84. The van der Waals surface area contributed by atoms with Gasteiger partial charge in [0.1, 0.15) is 5.75 Å². The van der Waals surface area contributed by atoms with E-state index in [-0.39, 0.29) is 5.41 Å². The molecule has 1 spiro atoms. The summed E-state index contributed by atoms with van der Waals surface area (Å²) in [6, 6.07) is 27.2. The van der Waals surface area contributed by atoms with Crippen molar-refractivity contribution in [2.45, 2.75) is 88.8 Å². The second-order valence-corrected chi connectivity index (χ2v) is 14.2.